The van der Waals surface area contributed by atoms with Gasteiger partial charge in [0.2, 0.25) is 0 Å². The average Bonchev–Trinajstić information content (AvgIpc) is 2.61. The molecule has 1 unspecified atom stereocenters. The molecule has 1 fully saturated rings. The van der Waals surface area contributed by atoms with Gasteiger partial charge in [-0.2, -0.15) is 0 Å². The van der Waals surface area contributed by atoms with Crippen LogP contribution in [-0.4, -0.2) is 32.5 Å². The van der Waals surface area contributed by atoms with E-state index in [0.717, 1.165) is 5.69 Å². The second-order valence-electron chi connectivity index (χ2n) is 3.33. The summed E-state index contributed by atoms with van der Waals surface area (Å²) in [5.41, 5.74) is 0.831. The molecule has 0 saturated carbocycles. The third-order valence-corrected chi connectivity index (χ3v) is 2.24. The maximum atomic E-state index is 11.5. The molecule has 1 atom stereocenters. The molecule has 1 radical (unpaired) electrons. The van der Waals surface area contributed by atoms with Gasteiger partial charge in [0, 0.05) is 12.8 Å². The van der Waals surface area contributed by atoms with Crippen molar-refractivity contribution in [2.24, 2.45) is 0 Å². The van der Waals surface area contributed by atoms with Gasteiger partial charge >= 0.3 is 6.09 Å². The third-order valence-electron chi connectivity index (χ3n) is 2.24. The van der Waals surface area contributed by atoms with Crippen LogP contribution in [0, 0.1) is 6.07 Å². The maximum Gasteiger partial charge on any atom is 0.414 e. The molecular formula is C11H12NO3. The van der Waals surface area contributed by atoms with E-state index >= 15 is 0 Å². The van der Waals surface area contributed by atoms with E-state index in [0.29, 0.717) is 13.2 Å². The minimum Gasteiger partial charge on any atom is -0.441 e. The van der Waals surface area contributed by atoms with E-state index in [1.54, 1.807) is 24.1 Å². The number of hydrogen-bond donors (Lipinski definition) is 0. The number of nitrogens with zero attached hydrogens (tertiary/aromatic N) is 1. The molecule has 0 bridgehead atoms. The lowest BCUT2D eigenvalue weighted by Crippen LogP contribution is -2.25. The molecule has 0 aromatic heterocycles. The summed E-state index contributed by atoms with van der Waals surface area (Å²) < 4.78 is 10.1. The molecule has 1 aliphatic rings. The highest BCUT2D eigenvalue weighted by Gasteiger charge is 2.31. The van der Waals surface area contributed by atoms with Crippen LogP contribution in [0.5, 0.6) is 0 Å². The van der Waals surface area contributed by atoms with Crippen LogP contribution in [0.2, 0.25) is 0 Å². The van der Waals surface area contributed by atoms with Crippen molar-refractivity contribution >= 4 is 11.8 Å². The second-order valence-corrected chi connectivity index (χ2v) is 3.33. The lowest BCUT2D eigenvalue weighted by atomic mass is 10.3. The van der Waals surface area contributed by atoms with Crippen LogP contribution in [-0.2, 0) is 9.47 Å². The van der Waals surface area contributed by atoms with Crippen molar-refractivity contribution < 1.29 is 14.3 Å². The van der Waals surface area contributed by atoms with E-state index in [-0.39, 0.29) is 12.2 Å². The summed E-state index contributed by atoms with van der Waals surface area (Å²) in [6.07, 6.45) is -0.491. The molecule has 1 aliphatic heterocycles. The summed E-state index contributed by atoms with van der Waals surface area (Å²) >= 11 is 0. The van der Waals surface area contributed by atoms with E-state index in [9.17, 15) is 4.79 Å². The first-order valence-electron chi connectivity index (χ1n) is 4.74. The van der Waals surface area contributed by atoms with Crippen LogP contribution in [0.25, 0.3) is 0 Å². The minimum atomic E-state index is -0.316. The Morgan fingerprint density at radius 1 is 1.60 bits per heavy atom. The monoisotopic (exact) mass is 206 g/mol. The van der Waals surface area contributed by atoms with Crippen molar-refractivity contribution in [1.29, 1.82) is 0 Å². The van der Waals surface area contributed by atoms with Gasteiger partial charge in [0.25, 0.3) is 0 Å². The highest BCUT2D eigenvalue weighted by molar-refractivity contribution is 5.89. The van der Waals surface area contributed by atoms with Crippen LogP contribution >= 0.6 is 0 Å². The van der Waals surface area contributed by atoms with Crippen LogP contribution < -0.4 is 4.90 Å². The van der Waals surface area contributed by atoms with Gasteiger partial charge in [-0.05, 0) is 18.2 Å². The fourth-order valence-corrected chi connectivity index (χ4v) is 1.56. The van der Waals surface area contributed by atoms with E-state index in [2.05, 4.69) is 6.07 Å². The van der Waals surface area contributed by atoms with Gasteiger partial charge in [-0.3, -0.25) is 4.90 Å². The zero-order valence-electron chi connectivity index (χ0n) is 8.47. The number of benzene rings is 1. The molecule has 1 saturated heterocycles. The van der Waals surface area contributed by atoms with Crippen molar-refractivity contribution in [3.8, 4) is 0 Å². The number of carbonyl (C=O) groups excluding carboxylic acids is 1. The highest BCUT2D eigenvalue weighted by atomic mass is 16.6. The number of ether oxygens (including phenoxy) is 2. The van der Waals surface area contributed by atoms with Crippen molar-refractivity contribution in [2.45, 2.75) is 6.10 Å². The van der Waals surface area contributed by atoms with Crippen LogP contribution in [0.1, 0.15) is 0 Å². The molecule has 2 rings (SSSR count). The number of hydrogen-bond acceptors (Lipinski definition) is 3. The molecule has 0 spiro atoms. The Bertz CT molecular complexity index is 339. The Morgan fingerprint density at radius 3 is 3.00 bits per heavy atom. The Balaban J connectivity index is 2.09. The number of anilines is 1. The molecule has 0 N–H and O–H groups in total. The molecule has 15 heavy (non-hydrogen) atoms. The van der Waals surface area contributed by atoms with Gasteiger partial charge in [-0.25, -0.2) is 4.79 Å². The lowest BCUT2D eigenvalue weighted by Gasteiger charge is -2.11. The molecule has 1 aromatic rings. The number of methoxy groups -OCH3 is 1. The smallest absolute Gasteiger partial charge is 0.414 e. The zero-order valence-corrected chi connectivity index (χ0v) is 8.47. The van der Waals surface area contributed by atoms with Crippen molar-refractivity contribution in [2.75, 3.05) is 25.2 Å². The molecule has 1 heterocycles. The first-order valence-corrected chi connectivity index (χ1v) is 4.74. The first kappa shape index (κ1) is 9.98. The first-order chi connectivity index (χ1) is 7.31. The quantitative estimate of drug-likeness (QED) is 0.751. The Morgan fingerprint density at radius 2 is 2.33 bits per heavy atom. The van der Waals surface area contributed by atoms with E-state index in [4.69, 9.17) is 9.47 Å². The standard InChI is InChI=1S/C11H12NO3/c1-14-8-10-7-12(11(13)15-10)9-5-3-2-4-6-9/h3-6,10H,7-8H2,1H3. The minimum absolute atomic E-state index is 0.174. The van der Waals surface area contributed by atoms with Gasteiger partial charge in [0.1, 0.15) is 6.10 Å². The Kier molecular flexibility index (Phi) is 2.87. The summed E-state index contributed by atoms with van der Waals surface area (Å²) in [5.74, 6) is 0. The number of rotatable bonds is 3. The molecule has 0 aliphatic carbocycles. The number of carbonyl (C=O) groups is 1. The van der Waals surface area contributed by atoms with Crippen molar-refractivity contribution in [1.82, 2.24) is 0 Å². The Labute approximate surface area is 88.4 Å². The molecule has 1 aromatic carbocycles. The topological polar surface area (TPSA) is 38.8 Å². The highest BCUT2D eigenvalue weighted by Crippen LogP contribution is 2.20. The third kappa shape index (κ3) is 2.10. The number of cyclic esters (lactones) is 1. The fourth-order valence-electron chi connectivity index (χ4n) is 1.56. The zero-order chi connectivity index (χ0) is 10.7. The van der Waals surface area contributed by atoms with Gasteiger partial charge in [0.05, 0.1) is 13.2 Å². The van der Waals surface area contributed by atoms with Gasteiger partial charge < -0.3 is 9.47 Å². The SMILES string of the molecule is COCC1CN(c2cc[c]cc2)C(=O)O1. The van der Waals surface area contributed by atoms with E-state index < -0.39 is 0 Å². The van der Waals surface area contributed by atoms with Crippen LogP contribution in [0.4, 0.5) is 10.5 Å². The summed E-state index contributed by atoms with van der Waals surface area (Å²) in [6, 6.07) is 10.1. The molecular weight excluding hydrogens is 194 g/mol. The lowest BCUT2D eigenvalue weighted by molar-refractivity contribution is 0.0718. The summed E-state index contributed by atoms with van der Waals surface area (Å²) in [4.78, 5) is 13.1. The van der Waals surface area contributed by atoms with Crippen molar-refractivity contribution in [3.05, 3.63) is 30.3 Å². The Hall–Kier alpha value is -1.55. The average molecular weight is 206 g/mol. The summed E-state index contributed by atoms with van der Waals surface area (Å²) in [6.45, 7) is 0.970. The predicted molar refractivity (Wildman–Crippen MR) is 54.8 cm³/mol. The van der Waals surface area contributed by atoms with Crippen LogP contribution in [0.3, 0.4) is 0 Å². The second kappa shape index (κ2) is 4.31. The van der Waals surface area contributed by atoms with Gasteiger partial charge in [-0.1, -0.05) is 12.1 Å². The molecule has 1 amide bonds. The van der Waals surface area contributed by atoms with Crippen LogP contribution in [0.15, 0.2) is 24.3 Å². The molecule has 79 valence electrons. The number of amides is 1. The van der Waals surface area contributed by atoms with Gasteiger partial charge in [0.15, 0.2) is 0 Å². The van der Waals surface area contributed by atoms with E-state index in [1.165, 1.54) is 0 Å². The largest absolute Gasteiger partial charge is 0.441 e. The molecule has 4 nitrogen and oxygen atoms in total. The summed E-state index contributed by atoms with van der Waals surface area (Å²) in [5, 5.41) is 0. The van der Waals surface area contributed by atoms with Gasteiger partial charge in [-0.15, -0.1) is 0 Å². The van der Waals surface area contributed by atoms with E-state index in [1.807, 2.05) is 12.1 Å². The fraction of sp³-hybridized carbons (Fsp3) is 0.364. The predicted octanol–water partition coefficient (Wildman–Crippen LogP) is 1.46. The molecule has 4 heteroatoms. The normalized spacial score (nSPS) is 20.5. The van der Waals surface area contributed by atoms with Crippen molar-refractivity contribution in [3.63, 3.8) is 0 Å². The maximum absolute atomic E-state index is 11.5. The summed E-state index contributed by atoms with van der Waals surface area (Å²) in [7, 11) is 1.59.